The molecule has 0 spiro atoms. The number of nitrogens with zero attached hydrogens (tertiary/aromatic N) is 2. The first-order valence-electron chi connectivity index (χ1n) is 6.46. The van der Waals surface area contributed by atoms with Crippen LogP contribution in [0.5, 0.6) is 5.75 Å². The molecule has 0 bridgehead atoms. The van der Waals surface area contributed by atoms with Crippen molar-refractivity contribution in [3.63, 3.8) is 0 Å². The van der Waals surface area contributed by atoms with Crippen LogP contribution in [0.3, 0.4) is 0 Å². The Hall–Kier alpha value is -2.70. The highest BCUT2D eigenvalue weighted by Gasteiger charge is 2.16. The van der Waals surface area contributed by atoms with Gasteiger partial charge in [0.2, 0.25) is 0 Å². The summed E-state index contributed by atoms with van der Waals surface area (Å²) < 4.78 is 6.49. The summed E-state index contributed by atoms with van der Waals surface area (Å²) in [6.45, 7) is 0.404. The Balaban J connectivity index is 1.74. The van der Waals surface area contributed by atoms with E-state index in [4.69, 9.17) is 4.74 Å². The number of hydrogen-bond acceptors (Lipinski definition) is 4. The lowest BCUT2D eigenvalue weighted by molar-refractivity contribution is -1.04. The molecular weight excluding hydrogens is 270 g/mol. The number of carbonyl (C=O) groups is 1. The van der Waals surface area contributed by atoms with Gasteiger partial charge in [0.25, 0.3) is 0 Å². The molecule has 1 aliphatic rings. The lowest BCUT2D eigenvalue weighted by Crippen LogP contribution is -3.05. The molecule has 2 N–H and O–H groups in total. The second kappa shape index (κ2) is 5.74. The largest absolute Gasteiger partial charge is 0.424 e. The normalized spacial score (nSPS) is 17.4. The van der Waals surface area contributed by atoms with Gasteiger partial charge in [0.1, 0.15) is 24.8 Å². The first-order chi connectivity index (χ1) is 10.2. The summed E-state index contributed by atoms with van der Waals surface area (Å²) in [5.41, 5.74) is 1.48. The van der Waals surface area contributed by atoms with Crippen LogP contribution >= 0.6 is 0 Å². The summed E-state index contributed by atoms with van der Waals surface area (Å²) in [7, 11) is 0. The van der Waals surface area contributed by atoms with Crippen molar-refractivity contribution in [2.75, 3.05) is 6.54 Å². The van der Waals surface area contributed by atoms with E-state index in [1.807, 2.05) is 12.1 Å². The van der Waals surface area contributed by atoms with Crippen LogP contribution in [0.4, 0.5) is 4.79 Å². The SMILES string of the molecule is O=C(Oc1ccccc1)n1cnc(C2=CC=C[NH+](O)C2)c1. The van der Waals surface area contributed by atoms with Crippen LogP contribution in [0.15, 0.2) is 61.2 Å². The van der Waals surface area contributed by atoms with Crippen molar-refractivity contribution in [2.45, 2.75) is 0 Å². The maximum Gasteiger partial charge on any atom is 0.424 e. The van der Waals surface area contributed by atoms with E-state index in [1.165, 1.54) is 10.9 Å². The van der Waals surface area contributed by atoms with Gasteiger partial charge < -0.3 is 4.74 Å². The number of aromatic nitrogens is 2. The molecule has 6 nitrogen and oxygen atoms in total. The number of allylic oxidation sites excluding steroid dienone is 2. The first kappa shape index (κ1) is 13.3. The second-order valence-corrected chi connectivity index (χ2v) is 4.57. The monoisotopic (exact) mass is 284 g/mol. The third-order valence-corrected chi connectivity index (χ3v) is 3.03. The minimum atomic E-state index is -0.528. The molecule has 0 aliphatic carbocycles. The predicted molar refractivity (Wildman–Crippen MR) is 74.8 cm³/mol. The number of ether oxygens (including phenoxy) is 1. The van der Waals surface area contributed by atoms with E-state index < -0.39 is 6.09 Å². The van der Waals surface area contributed by atoms with E-state index in [2.05, 4.69) is 4.98 Å². The van der Waals surface area contributed by atoms with E-state index in [9.17, 15) is 10.0 Å². The summed E-state index contributed by atoms with van der Waals surface area (Å²) in [4.78, 5) is 16.2. The zero-order valence-corrected chi connectivity index (χ0v) is 11.1. The number of hydrogen-bond donors (Lipinski definition) is 2. The Kier molecular flexibility index (Phi) is 3.63. The van der Waals surface area contributed by atoms with E-state index in [1.54, 1.807) is 42.7 Å². The van der Waals surface area contributed by atoms with Gasteiger partial charge in [-0.25, -0.2) is 19.6 Å². The molecule has 1 aromatic carbocycles. The molecule has 6 heteroatoms. The topological polar surface area (TPSA) is 68.8 Å². The Labute approximate surface area is 121 Å². The Bertz CT molecular complexity index is 704. The number of para-hydroxylation sites is 1. The first-order valence-corrected chi connectivity index (χ1v) is 6.46. The van der Waals surface area contributed by atoms with E-state index >= 15 is 0 Å². The van der Waals surface area contributed by atoms with Crippen LogP contribution in [0.1, 0.15) is 5.69 Å². The molecule has 0 amide bonds. The van der Waals surface area contributed by atoms with Crippen LogP contribution in [-0.4, -0.2) is 27.4 Å². The zero-order valence-electron chi connectivity index (χ0n) is 11.1. The summed E-state index contributed by atoms with van der Waals surface area (Å²) >= 11 is 0. The number of rotatable bonds is 2. The molecule has 0 fully saturated rings. The number of benzene rings is 1. The summed E-state index contributed by atoms with van der Waals surface area (Å²) in [5, 5.41) is 9.79. The molecule has 3 rings (SSSR count). The van der Waals surface area contributed by atoms with Gasteiger partial charge in [-0.05, 0) is 24.3 Å². The van der Waals surface area contributed by atoms with Gasteiger partial charge in [-0.3, -0.25) is 0 Å². The van der Waals surface area contributed by atoms with Crippen LogP contribution in [0, 0.1) is 0 Å². The average molecular weight is 284 g/mol. The number of hydroxylamine groups is 2. The minimum Gasteiger partial charge on any atom is -0.410 e. The Morgan fingerprint density at radius 3 is 2.90 bits per heavy atom. The Morgan fingerprint density at radius 1 is 1.33 bits per heavy atom. The molecule has 1 aromatic heterocycles. The third kappa shape index (κ3) is 3.07. The molecule has 0 saturated carbocycles. The maximum absolute atomic E-state index is 12.0. The molecule has 21 heavy (non-hydrogen) atoms. The highest BCUT2D eigenvalue weighted by atomic mass is 16.6. The van der Waals surface area contributed by atoms with Gasteiger partial charge in [0.05, 0.1) is 5.69 Å². The lowest BCUT2D eigenvalue weighted by atomic mass is 10.1. The molecule has 0 radical (unpaired) electrons. The lowest BCUT2D eigenvalue weighted by Gasteiger charge is -2.10. The van der Waals surface area contributed by atoms with Crippen molar-refractivity contribution in [2.24, 2.45) is 0 Å². The van der Waals surface area contributed by atoms with Crippen LogP contribution in [0.25, 0.3) is 5.57 Å². The summed E-state index contributed by atoms with van der Waals surface area (Å²) in [6.07, 6.45) is 7.69. The second-order valence-electron chi connectivity index (χ2n) is 4.57. The van der Waals surface area contributed by atoms with Crippen molar-refractivity contribution in [3.8, 4) is 5.75 Å². The molecular formula is C15H14N3O3+. The highest BCUT2D eigenvalue weighted by Crippen LogP contribution is 2.13. The summed E-state index contributed by atoms with van der Waals surface area (Å²) in [6, 6.07) is 8.84. The molecule has 1 atom stereocenters. The van der Waals surface area contributed by atoms with Gasteiger partial charge in [0, 0.05) is 11.8 Å². The van der Waals surface area contributed by atoms with Crippen LogP contribution in [0.2, 0.25) is 0 Å². The minimum absolute atomic E-state index is 0.272. The number of nitrogens with one attached hydrogen (secondary N) is 1. The molecule has 106 valence electrons. The van der Waals surface area contributed by atoms with Crippen molar-refractivity contribution in [3.05, 3.63) is 66.9 Å². The number of imidazole rings is 1. The number of carbonyl (C=O) groups excluding carboxylic acids is 1. The number of quaternary nitrogens is 1. The summed E-state index contributed by atoms with van der Waals surface area (Å²) in [5.74, 6) is 0.476. The van der Waals surface area contributed by atoms with E-state index in [0.717, 1.165) is 5.57 Å². The van der Waals surface area contributed by atoms with Crippen molar-refractivity contribution < 1.29 is 19.8 Å². The van der Waals surface area contributed by atoms with Crippen LogP contribution < -0.4 is 9.80 Å². The fraction of sp³-hybridized carbons (Fsp3) is 0.0667. The van der Waals surface area contributed by atoms with Crippen molar-refractivity contribution in [1.29, 1.82) is 0 Å². The van der Waals surface area contributed by atoms with Crippen molar-refractivity contribution >= 4 is 11.7 Å². The van der Waals surface area contributed by atoms with Crippen LogP contribution in [-0.2, 0) is 0 Å². The van der Waals surface area contributed by atoms with Gasteiger partial charge in [-0.2, -0.15) is 5.06 Å². The molecule has 2 heterocycles. The fourth-order valence-corrected chi connectivity index (χ4v) is 1.99. The quantitative estimate of drug-likeness (QED) is 0.867. The van der Waals surface area contributed by atoms with Gasteiger partial charge in [-0.1, -0.05) is 18.2 Å². The molecule has 1 aliphatic heterocycles. The average Bonchev–Trinajstić information content (AvgIpc) is 2.98. The molecule has 1 unspecified atom stereocenters. The van der Waals surface area contributed by atoms with Gasteiger partial charge >= 0.3 is 6.09 Å². The van der Waals surface area contributed by atoms with E-state index in [0.29, 0.717) is 18.0 Å². The predicted octanol–water partition coefficient (Wildman–Crippen LogP) is 1.11. The standard InChI is InChI=1S/C15H13N3O3/c19-15(21-13-6-2-1-3-7-13)17-10-14(16-11-17)12-5-4-8-18(20)9-12/h1-8,10-11,20H,9H2/p+1. The molecule has 2 aromatic rings. The van der Waals surface area contributed by atoms with E-state index in [-0.39, 0.29) is 5.06 Å². The van der Waals surface area contributed by atoms with Crippen molar-refractivity contribution in [1.82, 2.24) is 9.55 Å². The smallest absolute Gasteiger partial charge is 0.410 e. The Morgan fingerprint density at radius 2 is 2.14 bits per heavy atom. The maximum atomic E-state index is 12.0. The zero-order chi connectivity index (χ0) is 14.7. The van der Waals surface area contributed by atoms with Gasteiger partial charge in [0.15, 0.2) is 0 Å². The highest BCUT2D eigenvalue weighted by molar-refractivity contribution is 5.75. The fourth-order valence-electron chi connectivity index (χ4n) is 1.99. The third-order valence-electron chi connectivity index (χ3n) is 3.03. The molecule has 0 saturated heterocycles. The van der Waals surface area contributed by atoms with Gasteiger partial charge in [-0.15, -0.1) is 0 Å².